The van der Waals surface area contributed by atoms with Crippen molar-refractivity contribution >= 4 is 28.3 Å². The number of rotatable bonds is 9. The van der Waals surface area contributed by atoms with E-state index in [2.05, 4.69) is 46.7 Å². The molecule has 0 radical (unpaired) electrons. The van der Waals surface area contributed by atoms with E-state index in [0.717, 1.165) is 79.0 Å². The first-order valence-corrected chi connectivity index (χ1v) is 12.9. The van der Waals surface area contributed by atoms with Crippen LogP contribution < -0.4 is 10.6 Å². The third kappa shape index (κ3) is 6.34. The van der Waals surface area contributed by atoms with Crippen molar-refractivity contribution in [2.45, 2.75) is 25.5 Å². The van der Waals surface area contributed by atoms with Gasteiger partial charge in [0.05, 0.1) is 23.5 Å². The highest BCUT2D eigenvalue weighted by molar-refractivity contribution is 6.11. The molecule has 10 nitrogen and oxygen atoms in total. The van der Waals surface area contributed by atoms with Crippen LogP contribution in [0.1, 0.15) is 28.9 Å². The van der Waals surface area contributed by atoms with Gasteiger partial charge in [0.1, 0.15) is 5.82 Å². The van der Waals surface area contributed by atoms with Crippen LogP contribution in [0.5, 0.6) is 0 Å². The Morgan fingerprint density at radius 1 is 1.11 bits per heavy atom. The van der Waals surface area contributed by atoms with Gasteiger partial charge < -0.3 is 20.6 Å². The van der Waals surface area contributed by atoms with E-state index in [0.29, 0.717) is 11.4 Å². The molecule has 1 aromatic carbocycles. The van der Waals surface area contributed by atoms with Gasteiger partial charge in [-0.05, 0) is 68.4 Å². The number of likely N-dealkylation sites (tertiary alicyclic amines) is 1. The van der Waals surface area contributed by atoms with Gasteiger partial charge in [0.25, 0.3) is 5.91 Å². The van der Waals surface area contributed by atoms with Crippen LogP contribution in [0.2, 0.25) is 0 Å². The van der Waals surface area contributed by atoms with Gasteiger partial charge in [-0.15, -0.1) is 0 Å². The quantitative estimate of drug-likeness (QED) is 0.269. The summed E-state index contributed by atoms with van der Waals surface area (Å²) in [4.78, 5) is 26.4. The van der Waals surface area contributed by atoms with Gasteiger partial charge in [-0.25, -0.2) is 4.98 Å². The highest BCUT2D eigenvalue weighted by Crippen LogP contribution is 2.27. The monoisotopic (exact) mass is 514 g/mol. The Bertz CT molecular complexity index is 1380. The Kier molecular flexibility index (Phi) is 7.92. The summed E-state index contributed by atoms with van der Waals surface area (Å²) in [5, 5.41) is 23.9. The fourth-order valence-corrected chi connectivity index (χ4v) is 4.60. The van der Waals surface area contributed by atoms with Crippen LogP contribution in [0, 0.1) is 0 Å². The molecule has 0 saturated carbocycles. The number of hydrogen-bond donors (Lipinski definition) is 4. The Hall–Kier alpha value is -3.86. The smallest absolute Gasteiger partial charge is 0.276 e. The molecule has 0 spiro atoms. The van der Waals surface area contributed by atoms with Crippen LogP contribution in [-0.2, 0) is 6.54 Å². The molecule has 198 valence electrons. The van der Waals surface area contributed by atoms with Crippen molar-refractivity contribution < 1.29 is 9.90 Å². The lowest BCUT2D eigenvalue weighted by Gasteiger charge is -2.29. The minimum absolute atomic E-state index is 0.186. The van der Waals surface area contributed by atoms with E-state index in [4.69, 9.17) is 0 Å². The zero-order valence-electron chi connectivity index (χ0n) is 21.8. The molecule has 1 saturated heterocycles. The minimum Gasteiger partial charge on any atom is -0.393 e. The number of benzene rings is 1. The first kappa shape index (κ1) is 25.8. The van der Waals surface area contributed by atoms with Crippen molar-refractivity contribution in [2.75, 3.05) is 50.9 Å². The molecule has 5 rings (SSSR count). The summed E-state index contributed by atoms with van der Waals surface area (Å²) in [5.74, 6) is 0.455. The number of aliphatic hydroxyl groups excluding tert-OH is 1. The highest BCUT2D eigenvalue weighted by atomic mass is 16.3. The summed E-state index contributed by atoms with van der Waals surface area (Å²) >= 11 is 0. The number of carbonyl (C=O) groups excluding carboxylic acids is 1. The van der Waals surface area contributed by atoms with Crippen molar-refractivity contribution in [3.05, 3.63) is 66.2 Å². The molecule has 3 aromatic heterocycles. The van der Waals surface area contributed by atoms with Gasteiger partial charge in [0, 0.05) is 56.1 Å². The molecule has 4 heterocycles. The lowest BCUT2D eigenvalue weighted by atomic mass is 10.0. The summed E-state index contributed by atoms with van der Waals surface area (Å²) in [6.45, 7) is 4.26. The van der Waals surface area contributed by atoms with E-state index in [1.807, 2.05) is 56.8 Å². The lowest BCUT2D eigenvalue weighted by molar-refractivity contribution is 0.0792. The molecule has 10 heteroatoms. The van der Waals surface area contributed by atoms with E-state index >= 15 is 0 Å². The van der Waals surface area contributed by atoms with Crippen LogP contribution in [0.4, 0.5) is 11.5 Å². The van der Waals surface area contributed by atoms with Crippen molar-refractivity contribution in [2.24, 2.45) is 0 Å². The van der Waals surface area contributed by atoms with Gasteiger partial charge >= 0.3 is 0 Å². The number of piperidine rings is 1. The van der Waals surface area contributed by atoms with E-state index < -0.39 is 0 Å². The van der Waals surface area contributed by atoms with Crippen LogP contribution in [-0.4, -0.2) is 87.4 Å². The van der Waals surface area contributed by atoms with Crippen LogP contribution in [0.3, 0.4) is 0 Å². The summed E-state index contributed by atoms with van der Waals surface area (Å²) in [5.41, 5.74) is 4.78. The van der Waals surface area contributed by atoms with Crippen LogP contribution in [0.25, 0.3) is 22.0 Å². The maximum Gasteiger partial charge on any atom is 0.276 e. The predicted octanol–water partition coefficient (Wildman–Crippen LogP) is 3.20. The number of aliphatic hydroxyl groups is 1. The predicted molar refractivity (Wildman–Crippen MR) is 149 cm³/mol. The van der Waals surface area contributed by atoms with Gasteiger partial charge in [-0.1, -0.05) is 6.07 Å². The van der Waals surface area contributed by atoms with Gasteiger partial charge in [-0.3, -0.25) is 19.8 Å². The normalized spacial score (nSPS) is 14.7. The molecule has 1 aliphatic heterocycles. The fourth-order valence-electron chi connectivity index (χ4n) is 4.60. The van der Waals surface area contributed by atoms with Crippen LogP contribution in [0.15, 0.2) is 55.0 Å². The Morgan fingerprint density at radius 2 is 1.95 bits per heavy atom. The highest BCUT2D eigenvalue weighted by Gasteiger charge is 2.18. The third-order valence-corrected chi connectivity index (χ3v) is 6.76. The molecular weight excluding hydrogens is 480 g/mol. The molecule has 0 aliphatic carbocycles. The number of aromatic nitrogens is 4. The standard InChI is InChI=1S/C28H34N8O2/c1-35(2)12-9-30-26-6-4-22(17-31-26)32-28(38)27-24-14-20(3-5-25(24)33-34-27)21-13-19(15-29-16-21)18-36-10-7-23(37)8-11-36/h3-6,13-17,23,37H,7-12,18H2,1-2H3,(H,30,31)(H,32,38)(H,33,34). The molecule has 0 unspecified atom stereocenters. The largest absolute Gasteiger partial charge is 0.393 e. The van der Waals surface area contributed by atoms with Crippen molar-refractivity contribution in [1.82, 2.24) is 30.0 Å². The topological polar surface area (TPSA) is 122 Å². The molecule has 0 atom stereocenters. The molecule has 0 bridgehead atoms. The second-order valence-electron chi connectivity index (χ2n) is 10.0. The number of amides is 1. The Balaban J connectivity index is 1.28. The molecule has 4 N–H and O–H groups in total. The summed E-state index contributed by atoms with van der Waals surface area (Å²) in [6.07, 6.45) is 6.79. The molecular formula is C28H34N8O2. The maximum absolute atomic E-state index is 13.1. The first-order chi connectivity index (χ1) is 18.4. The second kappa shape index (κ2) is 11.7. The average Bonchev–Trinajstić information content (AvgIpc) is 3.35. The molecule has 1 amide bonds. The number of nitrogens with zero attached hydrogens (tertiary/aromatic N) is 5. The zero-order valence-corrected chi connectivity index (χ0v) is 21.8. The van der Waals surface area contributed by atoms with Gasteiger partial charge in [-0.2, -0.15) is 5.10 Å². The SMILES string of the molecule is CN(C)CCNc1ccc(NC(=O)c2n[nH]c3ccc(-c4cncc(CN5CCC(O)CC5)c4)cc23)cn1. The maximum atomic E-state index is 13.1. The average molecular weight is 515 g/mol. The molecule has 1 aliphatic rings. The van der Waals surface area contributed by atoms with Gasteiger partial charge in [0.15, 0.2) is 5.69 Å². The van der Waals surface area contributed by atoms with Crippen molar-refractivity contribution in [3.8, 4) is 11.1 Å². The number of H-pyrrole nitrogens is 1. The number of likely N-dealkylation sites (N-methyl/N-ethyl adjacent to an activating group) is 1. The van der Waals surface area contributed by atoms with Crippen LogP contribution >= 0.6 is 0 Å². The third-order valence-electron chi connectivity index (χ3n) is 6.76. The zero-order chi connectivity index (χ0) is 26.5. The number of anilines is 2. The number of pyridine rings is 2. The van der Waals surface area contributed by atoms with E-state index in [1.165, 1.54) is 0 Å². The molecule has 1 fully saturated rings. The van der Waals surface area contributed by atoms with Crippen molar-refractivity contribution in [1.29, 1.82) is 0 Å². The second-order valence-corrected chi connectivity index (χ2v) is 10.0. The van der Waals surface area contributed by atoms with E-state index in [-0.39, 0.29) is 12.0 Å². The summed E-state index contributed by atoms with van der Waals surface area (Å²) < 4.78 is 0. The summed E-state index contributed by atoms with van der Waals surface area (Å²) in [7, 11) is 4.04. The first-order valence-electron chi connectivity index (χ1n) is 12.9. The fraction of sp³-hybridized carbons (Fsp3) is 0.357. The minimum atomic E-state index is -0.303. The Morgan fingerprint density at radius 3 is 2.71 bits per heavy atom. The number of fused-ring (bicyclic) bond motifs is 1. The van der Waals surface area contributed by atoms with Gasteiger partial charge in [0.2, 0.25) is 0 Å². The lowest BCUT2D eigenvalue weighted by Crippen LogP contribution is -2.35. The Labute approximate surface area is 222 Å². The number of carbonyl (C=O) groups is 1. The number of hydrogen-bond acceptors (Lipinski definition) is 8. The van der Waals surface area contributed by atoms with Crippen molar-refractivity contribution in [3.63, 3.8) is 0 Å². The molecule has 4 aromatic rings. The van der Waals surface area contributed by atoms with E-state index in [9.17, 15) is 9.90 Å². The summed E-state index contributed by atoms with van der Waals surface area (Å²) in [6, 6.07) is 11.7. The molecule has 38 heavy (non-hydrogen) atoms. The van der Waals surface area contributed by atoms with E-state index in [1.54, 1.807) is 6.20 Å². The number of nitrogens with one attached hydrogen (secondary N) is 3. The number of aromatic amines is 1.